The van der Waals surface area contributed by atoms with Crippen molar-refractivity contribution in [2.75, 3.05) is 5.73 Å². The largest absolute Gasteiger partial charge is 0.379 e. The van der Waals surface area contributed by atoms with Gasteiger partial charge < -0.3 is 5.73 Å². The summed E-state index contributed by atoms with van der Waals surface area (Å²) in [5.74, 6) is -0.646. The number of carbonyl (C=O) groups excluding carboxylic acids is 1. The monoisotopic (exact) mass is 357 g/mol. The molecule has 0 saturated carbocycles. The van der Waals surface area contributed by atoms with Crippen LogP contribution in [-0.4, -0.2) is 22.4 Å². The maximum Gasteiger partial charge on any atom is 0.297 e. The van der Waals surface area contributed by atoms with Crippen molar-refractivity contribution in [3.05, 3.63) is 39.1 Å². The molecule has 0 bridgehead atoms. The van der Waals surface area contributed by atoms with Crippen LogP contribution in [-0.2, 0) is 0 Å². The Kier molecular flexibility index (Phi) is 3.87. The van der Waals surface area contributed by atoms with Crippen LogP contribution in [0.4, 0.5) is 5.82 Å². The van der Waals surface area contributed by atoms with Crippen LogP contribution >= 0.6 is 22.6 Å². The van der Waals surface area contributed by atoms with E-state index in [-0.39, 0.29) is 11.5 Å². The minimum atomic E-state index is -0.574. The molecule has 0 spiro atoms. The van der Waals surface area contributed by atoms with Gasteiger partial charge in [0.05, 0.1) is 6.21 Å². The number of hydrazone groups is 1. The van der Waals surface area contributed by atoms with E-state index in [1.54, 1.807) is 0 Å². The van der Waals surface area contributed by atoms with Crippen molar-refractivity contribution in [2.45, 2.75) is 0 Å². The van der Waals surface area contributed by atoms with Crippen molar-refractivity contribution in [1.29, 1.82) is 0 Å². The molecule has 0 atom stereocenters. The van der Waals surface area contributed by atoms with Crippen molar-refractivity contribution in [3.8, 4) is 0 Å². The number of halogens is 1. The van der Waals surface area contributed by atoms with E-state index >= 15 is 0 Å². The minimum absolute atomic E-state index is 0.0723. The van der Waals surface area contributed by atoms with Crippen molar-refractivity contribution < 1.29 is 9.42 Å². The molecule has 1 aromatic heterocycles. The van der Waals surface area contributed by atoms with Crippen molar-refractivity contribution in [3.63, 3.8) is 0 Å². The number of nitrogens with two attached hydrogens (primary N) is 1. The predicted octanol–water partition coefficient (Wildman–Crippen LogP) is 1.02. The lowest BCUT2D eigenvalue weighted by atomic mass is 10.2. The van der Waals surface area contributed by atoms with E-state index in [1.807, 2.05) is 24.3 Å². The second-order valence-electron chi connectivity index (χ2n) is 3.25. The fraction of sp³-hybridized carbons (Fsp3) is 0. The smallest absolute Gasteiger partial charge is 0.297 e. The number of rotatable bonds is 3. The molecular weight excluding hydrogens is 349 g/mol. The number of amides is 1. The highest BCUT2D eigenvalue weighted by Crippen LogP contribution is 2.05. The normalized spacial score (nSPS) is 10.7. The maximum absolute atomic E-state index is 11.5. The van der Waals surface area contributed by atoms with Gasteiger partial charge in [0, 0.05) is 3.57 Å². The minimum Gasteiger partial charge on any atom is -0.379 e. The Bertz CT molecular complexity index is 578. The Balaban J connectivity index is 1.98. The lowest BCUT2D eigenvalue weighted by molar-refractivity contribution is 0.0946. The lowest BCUT2D eigenvalue weighted by Gasteiger charge is -1.95. The summed E-state index contributed by atoms with van der Waals surface area (Å²) in [5.41, 5.74) is 8.41. The zero-order chi connectivity index (χ0) is 13.0. The van der Waals surface area contributed by atoms with E-state index in [0.717, 1.165) is 9.13 Å². The zero-order valence-corrected chi connectivity index (χ0v) is 11.2. The van der Waals surface area contributed by atoms with E-state index in [9.17, 15) is 4.79 Å². The Morgan fingerprint density at radius 2 is 2.11 bits per heavy atom. The molecule has 8 heteroatoms. The van der Waals surface area contributed by atoms with Gasteiger partial charge in [0.15, 0.2) is 0 Å². The average Bonchev–Trinajstić information content (AvgIpc) is 2.78. The summed E-state index contributed by atoms with van der Waals surface area (Å²) in [5, 5.41) is 10.4. The highest BCUT2D eigenvalue weighted by molar-refractivity contribution is 14.1. The molecule has 18 heavy (non-hydrogen) atoms. The predicted molar refractivity (Wildman–Crippen MR) is 72.9 cm³/mol. The van der Waals surface area contributed by atoms with Crippen LogP contribution in [0.2, 0.25) is 0 Å². The molecule has 1 heterocycles. The van der Waals surface area contributed by atoms with Crippen molar-refractivity contribution in [2.24, 2.45) is 5.10 Å². The summed E-state index contributed by atoms with van der Waals surface area (Å²) in [7, 11) is 0. The molecule has 7 nitrogen and oxygen atoms in total. The number of nitrogens with zero attached hydrogens (tertiary/aromatic N) is 3. The first kappa shape index (κ1) is 12.5. The van der Waals surface area contributed by atoms with Gasteiger partial charge in [-0.2, -0.15) is 5.10 Å². The van der Waals surface area contributed by atoms with Crippen LogP contribution in [0.1, 0.15) is 16.1 Å². The fourth-order valence-electron chi connectivity index (χ4n) is 1.12. The molecule has 92 valence electrons. The first-order chi connectivity index (χ1) is 8.66. The van der Waals surface area contributed by atoms with Gasteiger partial charge >= 0.3 is 0 Å². The highest BCUT2D eigenvalue weighted by Gasteiger charge is 2.14. The number of aromatic nitrogens is 2. The number of nitrogen functional groups attached to an aromatic ring is 1. The maximum atomic E-state index is 11.5. The van der Waals surface area contributed by atoms with Crippen molar-refractivity contribution >= 4 is 40.5 Å². The summed E-state index contributed by atoms with van der Waals surface area (Å²) in [6.45, 7) is 0. The average molecular weight is 357 g/mol. The molecule has 0 aliphatic carbocycles. The molecule has 0 aliphatic rings. The number of carbonyl (C=O) groups is 1. The molecule has 1 amide bonds. The third-order valence-electron chi connectivity index (χ3n) is 1.98. The second kappa shape index (κ2) is 5.58. The Hall–Kier alpha value is -1.97. The van der Waals surface area contributed by atoms with E-state index in [1.165, 1.54) is 6.21 Å². The van der Waals surface area contributed by atoms with Crippen LogP contribution in [0.3, 0.4) is 0 Å². The molecule has 2 rings (SSSR count). The Labute approximate surface area is 116 Å². The molecule has 0 aliphatic heterocycles. The summed E-state index contributed by atoms with van der Waals surface area (Å²) in [4.78, 5) is 11.5. The van der Waals surface area contributed by atoms with Gasteiger partial charge in [-0.25, -0.2) is 10.1 Å². The van der Waals surface area contributed by atoms with Gasteiger partial charge in [0.25, 0.3) is 5.91 Å². The summed E-state index contributed by atoms with van der Waals surface area (Å²) in [6.07, 6.45) is 1.51. The number of benzene rings is 1. The van der Waals surface area contributed by atoms with Crippen LogP contribution in [0.15, 0.2) is 34.0 Å². The lowest BCUT2D eigenvalue weighted by Crippen LogP contribution is -2.19. The van der Waals surface area contributed by atoms with Gasteiger partial charge in [-0.15, -0.1) is 0 Å². The molecule has 3 N–H and O–H groups in total. The molecule has 0 saturated heterocycles. The molecule has 2 aromatic rings. The van der Waals surface area contributed by atoms with E-state index < -0.39 is 5.91 Å². The van der Waals surface area contributed by atoms with Crippen LogP contribution in [0.5, 0.6) is 0 Å². The zero-order valence-electron chi connectivity index (χ0n) is 9.00. The van der Waals surface area contributed by atoms with Gasteiger partial charge in [0.1, 0.15) is 0 Å². The number of anilines is 1. The molecule has 0 radical (unpaired) electrons. The summed E-state index contributed by atoms with van der Waals surface area (Å²) >= 11 is 2.20. The highest BCUT2D eigenvalue weighted by atomic mass is 127. The number of hydrogen-bond donors (Lipinski definition) is 2. The van der Waals surface area contributed by atoms with Crippen LogP contribution in [0, 0.1) is 3.57 Å². The molecule has 0 unspecified atom stereocenters. The van der Waals surface area contributed by atoms with Gasteiger partial charge in [-0.1, -0.05) is 12.1 Å². The number of hydrogen-bond acceptors (Lipinski definition) is 6. The van der Waals surface area contributed by atoms with E-state index in [4.69, 9.17) is 5.73 Å². The first-order valence-corrected chi connectivity index (χ1v) is 5.91. The fourth-order valence-corrected chi connectivity index (χ4v) is 1.48. The standard InChI is InChI=1S/C10H8IN5O2/c11-7-3-1-6(2-4-7)5-13-14-10(17)8-9(12)16-18-15-8/h1-5H,(H2,12,16)(H,14,17)/b13-5+. The third kappa shape index (κ3) is 3.03. The third-order valence-corrected chi connectivity index (χ3v) is 2.70. The van der Waals surface area contributed by atoms with E-state index in [2.05, 4.69) is 48.1 Å². The molecule has 1 aromatic carbocycles. The topological polar surface area (TPSA) is 106 Å². The SMILES string of the molecule is Nc1nonc1C(=O)N/N=C/c1ccc(I)cc1. The Morgan fingerprint density at radius 3 is 2.72 bits per heavy atom. The van der Waals surface area contributed by atoms with Gasteiger partial charge in [-0.05, 0) is 50.6 Å². The van der Waals surface area contributed by atoms with Gasteiger partial charge in [0.2, 0.25) is 11.5 Å². The van der Waals surface area contributed by atoms with Gasteiger partial charge in [-0.3, -0.25) is 4.79 Å². The Morgan fingerprint density at radius 1 is 1.39 bits per heavy atom. The number of nitrogens with one attached hydrogen (secondary N) is 1. The van der Waals surface area contributed by atoms with E-state index in [0.29, 0.717) is 0 Å². The summed E-state index contributed by atoms with van der Waals surface area (Å²) in [6, 6.07) is 7.62. The summed E-state index contributed by atoms with van der Waals surface area (Å²) < 4.78 is 5.43. The first-order valence-electron chi connectivity index (χ1n) is 4.84. The molecule has 0 fully saturated rings. The molecular formula is C10H8IN5O2. The van der Waals surface area contributed by atoms with Crippen molar-refractivity contribution in [1.82, 2.24) is 15.7 Å². The van der Waals surface area contributed by atoms with Crippen LogP contribution in [0.25, 0.3) is 0 Å². The quantitative estimate of drug-likeness (QED) is 0.485. The van der Waals surface area contributed by atoms with Crippen LogP contribution < -0.4 is 11.2 Å². The second-order valence-corrected chi connectivity index (χ2v) is 4.49.